The molecular weight excluding hydrogens is 323 g/mol. The zero-order valence-electron chi connectivity index (χ0n) is 14.1. The summed E-state index contributed by atoms with van der Waals surface area (Å²) in [5.41, 5.74) is 0. The Morgan fingerprint density at radius 3 is 1.22 bits per heavy atom. The molecule has 0 aromatic heterocycles. The van der Waals surface area contributed by atoms with Crippen LogP contribution in [0.2, 0.25) is 16.7 Å². The van der Waals surface area contributed by atoms with Gasteiger partial charge in [0.1, 0.15) is 0 Å². The first-order valence-corrected chi connectivity index (χ1v) is 16.0. The zero-order valence-corrected chi connectivity index (χ0v) is 16.9. The van der Waals surface area contributed by atoms with Crippen LogP contribution in [0.1, 0.15) is 86.5 Å². The molecule has 110 valence electrons. The monoisotopic (exact) mass is 362 g/mol. The molecule has 0 aromatic rings. The van der Waals surface area contributed by atoms with Crippen molar-refractivity contribution < 1.29 is 0 Å². The van der Waals surface area contributed by atoms with Crippen molar-refractivity contribution in [2.75, 3.05) is 0 Å². The van der Waals surface area contributed by atoms with Gasteiger partial charge in [0.25, 0.3) is 0 Å². The number of hydrogen-bond acceptors (Lipinski definition) is 0. The molecule has 0 nitrogen and oxygen atoms in total. The van der Waals surface area contributed by atoms with Gasteiger partial charge < -0.3 is 0 Å². The Balaban J connectivity index is 4.97. The molecule has 0 aliphatic carbocycles. The van der Waals surface area contributed by atoms with Gasteiger partial charge in [-0.15, -0.1) is 0 Å². The molecule has 0 radical (unpaired) electrons. The van der Waals surface area contributed by atoms with E-state index in [0.717, 1.165) is 0 Å². The fourth-order valence-electron chi connectivity index (χ4n) is 3.31. The van der Waals surface area contributed by atoms with E-state index >= 15 is 0 Å². The molecule has 0 aliphatic heterocycles. The SMILES string of the molecule is CCC[CH2][Sn]([CH2]CCC)([CH2]CCC)[C](C)(C)CC. The van der Waals surface area contributed by atoms with E-state index in [0.29, 0.717) is 3.43 Å². The third-order valence-electron chi connectivity index (χ3n) is 5.35. The van der Waals surface area contributed by atoms with Gasteiger partial charge in [-0.05, 0) is 0 Å². The molecule has 0 amide bonds. The fraction of sp³-hybridized carbons (Fsp3) is 1.00. The van der Waals surface area contributed by atoms with E-state index in [1.54, 1.807) is 13.3 Å². The fourth-order valence-corrected chi connectivity index (χ4v) is 22.2. The van der Waals surface area contributed by atoms with Crippen LogP contribution in [0.4, 0.5) is 0 Å². The van der Waals surface area contributed by atoms with Crippen LogP contribution in [0.25, 0.3) is 0 Å². The van der Waals surface area contributed by atoms with Crippen molar-refractivity contribution in [2.45, 2.75) is 103 Å². The average molecular weight is 361 g/mol. The van der Waals surface area contributed by atoms with Gasteiger partial charge in [0.05, 0.1) is 0 Å². The van der Waals surface area contributed by atoms with Crippen LogP contribution in [-0.4, -0.2) is 18.4 Å². The number of rotatable bonds is 11. The van der Waals surface area contributed by atoms with Crippen molar-refractivity contribution >= 4 is 18.4 Å². The summed E-state index contributed by atoms with van der Waals surface area (Å²) in [6.07, 6.45) is 10.1. The van der Waals surface area contributed by atoms with Crippen LogP contribution >= 0.6 is 0 Å². The first kappa shape index (κ1) is 18.8. The third-order valence-corrected chi connectivity index (χ3v) is 25.8. The van der Waals surface area contributed by atoms with E-state index < -0.39 is 18.4 Å². The van der Waals surface area contributed by atoms with Gasteiger partial charge >= 0.3 is 122 Å². The molecule has 0 unspecified atom stereocenters. The Kier molecular flexibility index (Phi) is 10.1. The van der Waals surface area contributed by atoms with Crippen LogP contribution in [-0.2, 0) is 0 Å². The molecule has 0 atom stereocenters. The van der Waals surface area contributed by atoms with Crippen LogP contribution in [0, 0.1) is 0 Å². The maximum atomic E-state index is 2.62. The second-order valence-corrected chi connectivity index (χ2v) is 22.3. The summed E-state index contributed by atoms with van der Waals surface area (Å²) in [4.78, 5) is 0. The molecule has 18 heavy (non-hydrogen) atoms. The average Bonchev–Trinajstić information content (AvgIpc) is 2.38. The molecule has 1 heteroatoms. The van der Waals surface area contributed by atoms with Gasteiger partial charge in [-0.25, -0.2) is 0 Å². The van der Waals surface area contributed by atoms with Crippen molar-refractivity contribution in [1.82, 2.24) is 0 Å². The summed E-state index contributed by atoms with van der Waals surface area (Å²) in [5.74, 6) is 0. The van der Waals surface area contributed by atoms with E-state index in [2.05, 4.69) is 41.5 Å². The van der Waals surface area contributed by atoms with Crippen molar-refractivity contribution in [3.05, 3.63) is 0 Å². The van der Waals surface area contributed by atoms with Crippen molar-refractivity contribution in [3.8, 4) is 0 Å². The topological polar surface area (TPSA) is 0 Å². The standard InChI is InChI=1S/C5H11.3C4H9.Sn/c1-4-5(2)3;3*1-3-4-2;/h4H2,1-3H3;3*1,3-4H2,2H3;. The Morgan fingerprint density at radius 1 is 0.667 bits per heavy atom. The van der Waals surface area contributed by atoms with E-state index in [1.807, 2.05) is 0 Å². The van der Waals surface area contributed by atoms with E-state index in [9.17, 15) is 0 Å². The first-order valence-electron chi connectivity index (χ1n) is 8.49. The Morgan fingerprint density at radius 2 is 1.00 bits per heavy atom. The summed E-state index contributed by atoms with van der Waals surface area (Å²) >= 11 is -1.95. The molecule has 0 heterocycles. The molecule has 0 N–H and O–H groups in total. The quantitative estimate of drug-likeness (QED) is 0.347. The van der Waals surface area contributed by atoms with Gasteiger partial charge in [-0.2, -0.15) is 0 Å². The van der Waals surface area contributed by atoms with Crippen LogP contribution in [0.5, 0.6) is 0 Å². The summed E-state index contributed by atoms with van der Waals surface area (Å²) in [6.45, 7) is 14.8. The summed E-state index contributed by atoms with van der Waals surface area (Å²) < 4.78 is 5.69. The minimum absolute atomic E-state index is 0.716. The zero-order chi connectivity index (χ0) is 14.1. The molecule has 0 aliphatic rings. The van der Waals surface area contributed by atoms with Crippen molar-refractivity contribution in [3.63, 3.8) is 0 Å². The molecule has 0 saturated heterocycles. The third kappa shape index (κ3) is 5.43. The Labute approximate surface area is 121 Å². The van der Waals surface area contributed by atoms with Crippen LogP contribution < -0.4 is 0 Å². The summed E-state index contributed by atoms with van der Waals surface area (Å²) in [5, 5.41) is 0. The predicted molar refractivity (Wildman–Crippen MR) is 89.2 cm³/mol. The second-order valence-electron chi connectivity index (χ2n) is 6.83. The van der Waals surface area contributed by atoms with Gasteiger partial charge in [-0.1, -0.05) is 0 Å². The van der Waals surface area contributed by atoms with Crippen molar-refractivity contribution in [2.24, 2.45) is 0 Å². The van der Waals surface area contributed by atoms with Gasteiger partial charge in [0.2, 0.25) is 0 Å². The minimum atomic E-state index is -1.95. The molecule has 0 spiro atoms. The predicted octanol–water partition coefficient (Wildman–Crippen LogP) is 7.03. The van der Waals surface area contributed by atoms with E-state index in [-0.39, 0.29) is 0 Å². The summed E-state index contributed by atoms with van der Waals surface area (Å²) in [6, 6.07) is 0. The van der Waals surface area contributed by atoms with Gasteiger partial charge in [0, 0.05) is 0 Å². The van der Waals surface area contributed by atoms with Gasteiger partial charge in [0.15, 0.2) is 0 Å². The normalized spacial score (nSPS) is 13.0. The number of unbranched alkanes of at least 4 members (excludes halogenated alkanes) is 3. The van der Waals surface area contributed by atoms with Crippen LogP contribution in [0.3, 0.4) is 0 Å². The molecule has 0 bridgehead atoms. The Hall–Kier alpha value is 0.799. The Bertz CT molecular complexity index is 174. The van der Waals surface area contributed by atoms with Crippen LogP contribution in [0.15, 0.2) is 0 Å². The van der Waals surface area contributed by atoms with E-state index in [4.69, 9.17) is 0 Å². The number of hydrogen-bond donors (Lipinski definition) is 0. The maximum absolute atomic E-state index is 2.62. The van der Waals surface area contributed by atoms with Crippen molar-refractivity contribution in [1.29, 1.82) is 0 Å². The molecular formula is C17H38Sn. The molecule has 0 fully saturated rings. The summed E-state index contributed by atoms with van der Waals surface area (Å²) in [7, 11) is 0. The van der Waals surface area contributed by atoms with E-state index in [1.165, 1.54) is 44.9 Å². The molecule has 0 rings (SSSR count). The second kappa shape index (κ2) is 9.66. The first-order chi connectivity index (χ1) is 8.49. The van der Waals surface area contributed by atoms with Gasteiger partial charge in [-0.3, -0.25) is 0 Å². The molecule has 0 aromatic carbocycles. The molecule has 0 saturated carbocycles.